The molecule has 0 bridgehead atoms. The molecule has 0 radical (unpaired) electrons. The molecule has 0 amide bonds. The van der Waals surface area contributed by atoms with Gasteiger partial charge < -0.3 is 50.5 Å². The summed E-state index contributed by atoms with van der Waals surface area (Å²) in [5, 5.41) is 71.7. The molecule has 9 atom stereocenters. The van der Waals surface area contributed by atoms with Crippen molar-refractivity contribution in [1.29, 1.82) is 0 Å². The Kier molecular flexibility index (Phi) is 14.1. The van der Waals surface area contributed by atoms with Crippen molar-refractivity contribution in [2.75, 3.05) is 19.8 Å². The van der Waals surface area contributed by atoms with E-state index < -0.39 is 55.6 Å². The first-order valence-electron chi connectivity index (χ1n) is 13.0. The van der Waals surface area contributed by atoms with Crippen molar-refractivity contribution in [3.05, 3.63) is 0 Å². The zero-order chi connectivity index (χ0) is 25.8. The summed E-state index contributed by atoms with van der Waals surface area (Å²) >= 11 is 0. The second kappa shape index (κ2) is 16.2. The number of aliphatic hydroxyl groups excluding tert-OH is 7. The van der Waals surface area contributed by atoms with Gasteiger partial charge in [-0.25, -0.2) is 0 Å². The van der Waals surface area contributed by atoms with Gasteiger partial charge in [0.05, 0.1) is 25.4 Å². The molecule has 2 heterocycles. The van der Waals surface area contributed by atoms with Gasteiger partial charge in [0.25, 0.3) is 0 Å². The molecule has 2 rings (SSSR count). The number of Topliss-reactive ketones (excluding diaryl/α,β-unsaturated/α-hetero) is 1. The van der Waals surface area contributed by atoms with Crippen LogP contribution < -0.4 is 5.32 Å². The van der Waals surface area contributed by atoms with E-state index in [2.05, 4.69) is 5.32 Å². The standard InChI is InChI=1S/C24H45NO10/c26-12-8-7-10-15(29)9-5-3-1-2-4-6-11-16-23(19(30)17(13-27)25-16)35-24-22(33)21(32)20(31)18(14-28)34-24/h16-28,30-33H,1-14H2/t16-,17-,18-,19+,20-,21+,22-,23-,24+/m1/s1. The summed E-state index contributed by atoms with van der Waals surface area (Å²) < 4.78 is 11.2. The zero-order valence-electron chi connectivity index (χ0n) is 20.5. The van der Waals surface area contributed by atoms with Crippen LogP contribution in [-0.4, -0.2) is 116 Å². The van der Waals surface area contributed by atoms with Crippen LogP contribution in [-0.2, 0) is 14.3 Å². The summed E-state index contributed by atoms with van der Waals surface area (Å²) in [5.74, 6) is 0.258. The third-order valence-electron chi connectivity index (χ3n) is 6.99. The van der Waals surface area contributed by atoms with E-state index >= 15 is 0 Å². The van der Waals surface area contributed by atoms with Crippen LogP contribution in [0.4, 0.5) is 0 Å². The van der Waals surface area contributed by atoms with Gasteiger partial charge in [0.15, 0.2) is 6.29 Å². The molecule has 35 heavy (non-hydrogen) atoms. The van der Waals surface area contributed by atoms with Gasteiger partial charge >= 0.3 is 0 Å². The minimum Gasteiger partial charge on any atom is -0.396 e. The van der Waals surface area contributed by atoms with Crippen LogP contribution >= 0.6 is 0 Å². The number of aliphatic hydroxyl groups is 7. The number of rotatable bonds is 17. The van der Waals surface area contributed by atoms with Crippen LogP contribution in [0.2, 0.25) is 0 Å². The number of nitrogens with one attached hydrogen (secondary N) is 1. The Labute approximate surface area is 207 Å². The molecule has 2 aliphatic heterocycles. The van der Waals surface area contributed by atoms with Gasteiger partial charge in [0.1, 0.15) is 36.3 Å². The van der Waals surface area contributed by atoms with Crippen molar-refractivity contribution in [1.82, 2.24) is 5.32 Å². The summed E-state index contributed by atoms with van der Waals surface area (Å²) in [4.78, 5) is 11.7. The third-order valence-corrected chi connectivity index (χ3v) is 6.99. The van der Waals surface area contributed by atoms with E-state index in [9.17, 15) is 35.4 Å². The number of hydrogen-bond acceptors (Lipinski definition) is 11. The van der Waals surface area contributed by atoms with Crippen molar-refractivity contribution >= 4 is 5.78 Å². The highest BCUT2D eigenvalue weighted by Gasteiger charge is 2.49. The average molecular weight is 508 g/mol. The molecular formula is C24H45NO10. The van der Waals surface area contributed by atoms with E-state index in [-0.39, 0.29) is 25.0 Å². The summed E-state index contributed by atoms with van der Waals surface area (Å²) in [5.41, 5.74) is 0. The van der Waals surface area contributed by atoms with Crippen LogP contribution in [0.25, 0.3) is 0 Å². The summed E-state index contributed by atoms with van der Waals surface area (Å²) in [6.45, 7) is -0.744. The van der Waals surface area contributed by atoms with Crippen LogP contribution in [0.1, 0.15) is 70.6 Å². The van der Waals surface area contributed by atoms with Crippen LogP contribution in [0.15, 0.2) is 0 Å². The smallest absolute Gasteiger partial charge is 0.187 e. The number of ketones is 1. The third kappa shape index (κ3) is 9.26. The molecule has 11 nitrogen and oxygen atoms in total. The molecular weight excluding hydrogens is 462 g/mol. The second-order valence-electron chi connectivity index (χ2n) is 9.73. The zero-order valence-corrected chi connectivity index (χ0v) is 20.5. The highest BCUT2D eigenvalue weighted by Crippen LogP contribution is 2.28. The number of unbranched alkanes of at least 4 members (excludes halogenated alkanes) is 6. The topological polar surface area (TPSA) is 189 Å². The molecule has 0 spiro atoms. The molecule has 0 aromatic carbocycles. The molecule has 0 aromatic rings. The Balaban J connectivity index is 1.72. The lowest BCUT2D eigenvalue weighted by Gasteiger charge is -2.41. The Morgan fingerprint density at radius 2 is 1.34 bits per heavy atom. The van der Waals surface area contributed by atoms with Gasteiger partial charge in [0, 0.05) is 25.5 Å². The first-order valence-corrected chi connectivity index (χ1v) is 13.0. The van der Waals surface area contributed by atoms with Crippen LogP contribution in [0, 0.1) is 0 Å². The molecule has 206 valence electrons. The number of carbonyl (C=O) groups excluding carboxylic acids is 1. The van der Waals surface area contributed by atoms with Gasteiger partial charge in [0.2, 0.25) is 0 Å². The molecule has 2 aliphatic rings. The van der Waals surface area contributed by atoms with Gasteiger partial charge in [-0.2, -0.15) is 0 Å². The van der Waals surface area contributed by atoms with Crippen molar-refractivity contribution in [2.45, 2.75) is 126 Å². The average Bonchev–Trinajstić information content (AvgIpc) is 3.15. The van der Waals surface area contributed by atoms with Gasteiger partial charge in [-0.15, -0.1) is 0 Å². The predicted molar refractivity (Wildman–Crippen MR) is 125 cm³/mol. The Morgan fingerprint density at radius 3 is 1.97 bits per heavy atom. The van der Waals surface area contributed by atoms with E-state index in [0.29, 0.717) is 25.7 Å². The maximum Gasteiger partial charge on any atom is 0.187 e. The normalized spacial score (nSPS) is 35.5. The molecule has 0 saturated carbocycles. The lowest BCUT2D eigenvalue weighted by molar-refractivity contribution is -0.316. The monoisotopic (exact) mass is 507 g/mol. The Morgan fingerprint density at radius 1 is 0.714 bits per heavy atom. The SMILES string of the molecule is O=C(CCCCO)CCCCCCCC[C@H]1N[C@H](CO)[C@H](O)[C@@H]1O[C@@H]1O[C@H](CO)[C@@H](O)[C@H](O)[C@H]1O. The first-order chi connectivity index (χ1) is 16.8. The highest BCUT2D eigenvalue weighted by molar-refractivity contribution is 5.78. The minimum atomic E-state index is -1.57. The fraction of sp³-hybridized carbons (Fsp3) is 0.958. The van der Waals surface area contributed by atoms with E-state index in [1.807, 2.05) is 0 Å². The predicted octanol–water partition coefficient (Wildman–Crippen LogP) is -1.28. The van der Waals surface area contributed by atoms with E-state index in [0.717, 1.165) is 44.9 Å². The quantitative estimate of drug-likeness (QED) is 0.109. The van der Waals surface area contributed by atoms with Gasteiger partial charge in [-0.05, 0) is 25.7 Å². The van der Waals surface area contributed by atoms with Gasteiger partial charge in [-0.1, -0.05) is 32.1 Å². The van der Waals surface area contributed by atoms with Gasteiger partial charge in [-0.3, -0.25) is 4.79 Å². The first kappa shape index (κ1) is 30.5. The molecule has 11 heteroatoms. The summed E-state index contributed by atoms with van der Waals surface area (Å²) in [6, 6.07) is -0.920. The van der Waals surface area contributed by atoms with Crippen molar-refractivity contribution < 1.29 is 50.0 Å². The van der Waals surface area contributed by atoms with Crippen LogP contribution in [0.3, 0.4) is 0 Å². The second-order valence-corrected chi connectivity index (χ2v) is 9.73. The fourth-order valence-electron chi connectivity index (χ4n) is 4.81. The molecule has 8 N–H and O–H groups in total. The number of carbonyl (C=O) groups is 1. The number of hydrogen-bond donors (Lipinski definition) is 8. The molecule has 0 aromatic heterocycles. The van der Waals surface area contributed by atoms with E-state index in [4.69, 9.17) is 14.6 Å². The fourth-order valence-corrected chi connectivity index (χ4v) is 4.81. The lowest BCUT2D eigenvalue weighted by atomic mass is 9.98. The maximum atomic E-state index is 11.7. The molecule has 0 aliphatic carbocycles. The summed E-state index contributed by atoms with van der Waals surface area (Å²) in [7, 11) is 0. The highest BCUT2D eigenvalue weighted by atomic mass is 16.7. The molecule has 0 unspecified atom stereocenters. The van der Waals surface area contributed by atoms with Crippen molar-refractivity contribution in [3.8, 4) is 0 Å². The minimum absolute atomic E-state index is 0.129. The molecule has 2 fully saturated rings. The van der Waals surface area contributed by atoms with Crippen LogP contribution in [0.5, 0.6) is 0 Å². The van der Waals surface area contributed by atoms with Crippen molar-refractivity contribution in [2.24, 2.45) is 0 Å². The Bertz CT molecular complexity index is 595. The van der Waals surface area contributed by atoms with E-state index in [1.165, 1.54) is 0 Å². The molecule has 2 saturated heterocycles. The summed E-state index contributed by atoms with van der Waals surface area (Å²) in [6.07, 6.45) is -0.0504. The number of ether oxygens (including phenoxy) is 2. The largest absolute Gasteiger partial charge is 0.396 e. The van der Waals surface area contributed by atoms with E-state index in [1.54, 1.807) is 0 Å². The lowest BCUT2D eigenvalue weighted by Crippen LogP contribution is -2.60. The Hall–Kier alpha value is -0.730. The maximum absolute atomic E-state index is 11.7. The van der Waals surface area contributed by atoms with Crippen molar-refractivity contribution in [3.63, 3.8) is 0 Å².